The van der Waals surface area contributed by atoms with Gasteiger partial charge in [-0.25, -0.2) is 13.2 Å². The Hall–Kier alpha value is -3.86. The second-order valence-electron chi connectivity index (χ2n) is 7.14. The van der Waals surface area contributed by atoms with Crippen molar-refractivity contribution in [3.63, 3.8) is 0 Å². The maximum atomic E-state index is 13.5. The van der Waals surface area contributed by atoms with Crippen LogP contribution >= 0.6 is 0 Å². The number of carboxylic acid groups (broad SMARTS) is 1. The summed E-state index contributed by atoms with van der Waals surface area (Å²) < 4.78 is 38.0. The second kappa shape index (κ2) is 9.74. The number of anilines is 1. The highest BCUT2D eigenvalue weighted by molar-refractivity contribution is 7.93. The van der Waals surface area contributed by atoms with Crippen LogP contribution in [0, 0.1) is 13.8 Å². The molecule has 1 aromatic heterocycles. The molecule has 3 rings (SSSR count). The van der Waals surface area contributed by atoms with Gasteiger partial charge in [0.05, 0.1) is 18.4 Å². The molecule has 1 heterocycles. The number of aromatic carboxylic acids is 1. The number of carboxylic acids is 1. The number of aryl methyl sites for hydroxylation is 2. The van der Waals surface area contributed by atoms with Gasteiger partial charge < -0.3 is 19.7 Å². The molecular weight excluding hydrogens is 450 g/mol. The number of carbonyl (C=O) groups excluding carboxylic acids is 1. The van der Waals surface area contributed by atoms with E-state index in [2.05, 4.69) is 10.5 Å². The summed E-state index contributed by atoms with van der Waals surface area (Å²) in [4.78, 5) is 23.6. The van der Waals surface area contributed by atoms with Crippen molar-refractivity contribution in [3.05, 3.63) is 71.1 Å². The van der Waals surface area contributed by atoms with E-state index < -0.39 is 28.4 Å². The number of rotatable bonds is 9. The Balaban J connectivity index is 1.84. The molecule has 10 nitrogen and oxygen atoms in total. The SMILES string of the molecule is COc1ccc(N(CC(=O)NCc2ccc(C(=O)O)cc2)S(=O)(=O)c2c(C)noc2C)cc1. The van der Waals surface area contributed by atoms with E-state index in [0.717, 1.165) is 4.31 Å². The average Bonchev–Trinajstić information content (AvgIpc) is 3.15. The molecule has 0 spiro atoms. The Morgan fingerprint density at radius 2 is 1.73 bits per heavy atom. The molecular formula is C22H23N3O7S. The average molecular weight is 474 g/mol. The molecule has 0 aliphatic rings. The van der Waals surface area contributed by atoms with Crippen molar-refractivity contribution < 1.29 is 32.4 Å². The van der Waals surface area contributed by atoms with Gasteiger partial charge in [0.2, 0.25) is 5.91 Å². The van der Waals surface area contributed by atoms with Crippen LogP contribution in [0.2, 0.25) is 0 Å². The first-order chi connectivity index (χ1) is 15.6. The highest BCUT2D eigenvalue weighted by Gasteiger charge is 2.32. The number of carbonyl (C=O) groups is 2. The third-order valence-electron chi connectivity index (χ3n) is 4.85. The quantitative estimate of drug-likeness (QED) is 0.483. The molecule has 0 bridgehead atoms. The lowest BCUT2D eigenvalue weighted by Gasteiger charge is -2.24. The Labute approximate surface area is 190 Å². The van der Waals surface area contributed by atoms with Crippen molar-refractivity contribution in [2.24, 2.45) is 0 Å². The molecule has 174 valence electrons. The third-order valence-corrected chi connectivity index (χ3v) is 6.87. The van der Waals surface area contributed by atoms with E-state index in [-0.39, 0.29) is 34.1 Å². The maximum Gasteiger partial charge on any atom is 0.335 e. The lowest BCUT2D eigenvalue weighted by atomic mass is 10.1. The molecule has 0 saturated carbocycles. The van der Waals surface area contributed by atoms with Crippen molar-refractivity contribution in [1.29, 1.82) is 0 Å². The second-order valence-corrected chi connectivity index (χ2v) is 8.94. The zero-order valence-electron chi connectivity index (χ0n) is 18.2. The van der Waals surface area contributed by atoms with Gasteiger partial charge in [-0.05, 0) is 55.8 Å². The molecule has 2 aromatic carbocycles. The van der Waals surface area contributed by atoms with Crippen LogP contribution in [0.1, 0.15) is 27.4 Å². The lowest BCUT2D eigenvalue weighted by molar-refractivity contribution is -0.119. The fourth-order valence-electron chi connectivity index (χ4n) is 3.17. The molecule has 0 radical (unpaired) electrons. The summed E-state index contributed by atoms with van der Waals surface area (Å²) in [5, 5.41) is 15.4. The van der Waals surface area contributed by atoms with Crippen molar-refractivity contribution in [1.82, 2.24) is 10.5 Å². The van der Waals surface area contributed by atoms with E-state index >= 15 is 0 Å². The highest BCUT2D eigenvalue weighted by atomic mass is 32.2. The number of hydrogen-bond donors (Lipinski definition) is 2. The topological polar surface area (TPSA) is 139 Å². The van der Waals surface area contributed by atoms with Crippen LogP contribution in [0.5, 0.6) is 5.75 Å². The predicted molar refractivity (Wildman–Crippen MR) is 119 cm³/mol. The fraction of sp³-hybridized carbons (Fsp3) is 0.227. The third kappa shape index (κ3) is 5.32. The maximum absolute atomic E-state index is 13.5. The first-order valence-electron chi connectivity index (χ1n) is 9.82. The van der Waals surface area contributed by atoms with Crippen LogP contribution in [0.15, 0.2) is 57.9 Å². The number of hydrogen-bond acceptors (Lipinski definition) is 7. The summed E-state index contributed by atoms with van der Waals surface area (Å²) in [5.74, 6) is -0.957. The van der Waals surface area contributed by atoms with Gasteiger partial charge in [-0.15, -0.1) is 0 Å². The molecule has 2 N–H and O–H groups in total. The van der Waals surface area contributed by atoms with E-state index in [1.165, 1.54) is 45.2 Å². The monoisotopic (exact) mass is 473 g/mol. The molecule has 0 aliphatic carbocycles. The van der Waals surface area contributed by atoms with E-state index in [1.807, 2.05) is 0 Å². The minimum atomic E-state index is -4.17. The summed E-state index contributed by atoms with van der Waals surface area (Å²) in [7, 11) is -2.68. The number of aromatic nitrogens is 1. The molecule has 33 heavy (non-hydrogen) atoms. The molecule has 0 unspecified atom stereocenters. The van der Waals surface area contributed by atoms with Crippen LogP contribution in [-0.4, -0.2) is 44.2 Å². The first-order valence-corrected chi connectivity index (χ1v) is 11.3. The molecule has 0 atom stereocenters. The van der Waals surface area contributed by atoms with E-state index in [4.69, 9.17) is 14.4 Å². The zero-order chi connectivity index (χ0) is 24.2. The molecule has 1 amide bonds. The fourth-order valence-corrected chi connectivity index (χ4v) is 4.89. The van der Waals surface area contributed by atoms with Crippen LogP contribution < -0.4 is 14.4 Å². The van der Waals surface area contributed by atoms with E-state index in [0.29, 0.717) is 11.3 Å². The largest absolute Gasteiger partial charge is 0.497 e. The number of sulfonamides is 1. The summed E-state index contributed by atoms with van der Waals surface area (Å²) in [5.41, 5.74) is 1.24. The predicted octanol–water partition coefficient (Wildman–Crippen LogP) is 2.51. The van der Waals surface area contributed by atoms with Crippen molar-refractivity contribution in [2.75, 3.05) is 18.0 Å². The Kier molecular flexibility index (Phi) is 7.02. The summed E-state index contributed by atoms with van der Waals surface area (Å²) >= 11 is 0. The highest BCUT2D eigenvalue weighted by Crippen LogP contribution is 2.29. The van der Waals surface area contributed by atoms with Gasteiger partial charge in [0.25, 0.3) is 10.0 Å². The van der Waals surface area contributed by atoms with Crippen LogP contribution in [-0.2, 0) is 21.4 Å². The lowest BCUT2D eigenvalue weighted by Crippen LogP contribution is -2.41. The molecule has 0 aliphatic heterocycles. The van der Waals surface area contributed by atoms with Gasteiger partial charge in [0.15, 0.2) is 10.7 Å². The molecule has 11 heteroatoms. The number of nitrogens with zero attached hydrogens (tertiary/aromatic N) is 2. The van der Waals surface area contributed by atoms with Crippen molar-refractivity contribution in [3.8, 4) is 5.75 Å². The number of nitrogens with one attached hydrogen (secondary N) is 1. The summed E-state index contributed by atoms with van der Waals surface area (Å²) in [6.45, 7) is 2.60. The Morgan fingerprint density at radius 1 is 1.09 bits per heavy atom. The zero-order valence-corrected chi connectivity index (χ0v) is 19.0. The minimum absolute atomic E-state index is 0.0978. The molecule has 0 fully saturated rings. The molecule has 0 saturated heterocycles. The van der Waals surface area contributed by atoms with E-state index in [1.54, 1.807) is 24.3 Å². The van der Waals surface area contributed by atoms with E-state index in [9.17, 15) is 18.0 Å². The minimum Gasteiger partial charge on any atom is -0.497 e. The van der Waals surface area contributed by atoms with Gasteiger partial charge in [0, 0.05) is 6.54 Å². The normalized spacial score (nSPS) is 11.1. The van der Waals surface area contributed by atoms with Crippen LogP contribution in [0.3, 0.4) is 0 Å². The van der Waals surface area contributed by atoms with Crippen LogP contribution in [0.25, 0.3) is 0 Å². The summed E-state index contributed by atoms with van der Waals surface area (Å²) in [6.07, 6.45) is 0. The van der Waals surface area contributed by atoms with Gasteiger partial charge in [-0.1, -0.05) is 17.3 Å². The summed E-state index contributed by atoms with van der Waals surface area (Å²) in [6, 6.07) is 12.3. The Morgan fingerprint density at radius 3 is 2.24 bits per heavy atom. The Bertz CT molecular complexity index is 1230. The van der Waals surface area contributed by atoms with Gasteiger partial charge in [0.1, 0.15) is 18.0 Å². The van der Waals surface area contributed by atoms with Gasteiger partial charge in [-0.2, -0.15) is 0 Å². The standard InChI is InChI=1S/C22H23N3O7S/c1-14-21(15(2)32-24-14)33(29,30)25(18-8-10-19(31-3)11-9-18)13-20(26)23-12-16-4-6-17(7-5-16)22(27)28/h4-11H,12-13H2,1-3H3,(H,23,26)(H,27,28). The van der Waals surface area contributed by atoms with Gasteiger partial charge >= 0.3 is 5.97 Å². The van der Waals surface area contributed by atoms with Gasteiger partial charge in [-0.3, -0.25) is 9.10 Å². The number of benzene rings is 2. The smallest absolute Gasteiger partial charge is 0.335 e. The van der Waals surface area contributed by atoms with Crippen molar-refractivity contribution >= 4 is 27.6 Å². The molecule has 3 aromatic rings. The van der Waals surface area contributed by atoms with Crippen LogP contribution in [0.4, 0.5) is 5.69 Å². The number of amides is 1. The number of ether oxygens (including phenoxy) is 1. The number of methoxy groups -OCH3 is 1. The van der Waals surface area contributed by atoms with Crippen molar-refractivity contribution in [2.45, 2.75) is 25.3 Å². The first kappa shape index (κ1) is 23.8.